The average molecular weight is 380 g/mol. The highest BCUT2D eigenvalue weighted by Gasteiger charge is 2.18. The van der Waals surface area contributed by atoms with Gasteiger partial charge < -0.3 is 14.8 Å². The summed E-state index contributed by atoms with van der Waals surface area (Å²) in [6.45, 7) is 3.97. The number of hydrogen-bond acceptors (Lipinski definition) is 7. The zero-order valence-electron chi connectivity index (χ0n) is 15.6. The summed E-state index contributed by atoms with van der Waals surface area (Å²) in [5.41, 5.74) is 2.84. The van der Waals surface area contributed by atoms with Gasteiger partial charge in [0.1, 0.15) is 16.0 Å². The van der Waals surface area contributed by atoms with Crippen molar-refractivity contribution in [2.75, 3.05) is 19.5 Å². The molecule has 0 aliphatic heterocycles. The molecule has 0 saturated heterocycles. The highest BCUT2D eigenvalue weighted by atomic mass is 32.1. The van der Waals surface area contributed by atoms with Crippen molar-refractivity contribution in [3.8, 4) is 11.6 Å². The molecule has 0 amide bonds. The third-order valence-electron chi connectivity index (χ3n) is 4.53. The van der Waals surface area contributed by atoms with Crippen molar-refractivity contribution in [3.05, 3.63) is 47.2 Å². The zero-order valence-corrected chi connectivity index (χ0v) is 16.4. The van der Waals surface area contributed by atoms with Gasteiger partial charge in [-0.3, -0.25) is 0 Å². The van der Waals surface area contributed by atoms with Crippen LogP contribution >= 0.6 is 11.3 Å². The van der Waals surface area contributed by atoms with E-state index < -0.39 is 0 Å². The Bertz CT molecular complexity index is 1130. The standard InChI is InChI=1S/C20H20N4O2S/c1-11(13-7-9-21-20-14(13)8-10-27-20)22-16-6-5-15-17(18(16)25-3)19(26-4)24-12(2)23-15/h5-11,22H,1-4H3. The van der Waals surface area contributed by atoms with E-state index in [2.05, 4.69) is 38.6 Å². The molecule has 3 heterocycles. The van der Waals surface area contributed by atoms with Crippen LogP contribution in [0.3, 0.4) is 0 Å². The van der Waals surface area contributed by atoms with E-state index in [1.165, 1.54) is 10.9 Å². The van der Waals surface area contributed by atoms with E-state index in [0.717, 1.165) is 21.4 Å². The SMILES string of the molecule is COc1nc(C)nc2ccc(NC(C)c3ccnc4sccc34)c(OC)c12. The highest BCUT2D eigenvalue weighted by Crippen LogP contribution is 2.39. The number of nitrogens with zero attached hydrogens (tertiary/aromatic N) is 3. The number of fused-ring (bicyclic) bond motifs is 2. The van der Waals surface area contributed by atoms with Gasteiger partial charge in [0.15, 0.2) is 5.75 Å². The molecule has 1 atom stereocenters. The number of nitrogens with one attached hydrogen (secondary N) is 1. The third kappa shape index (κ3) is 3.04. The van der Waals surface area contributed by atoms with E-state index >= 15 is 0 Å². The van der Waals surface area contributed by atoms with Crippen LogP contribution in [0.5, 0.6) is 11.6 Å². The lowest BCUT2D eigenvalue weighted by Gasteiger charge is -2.20. The smallest absolute Gasteiger partial charge is 0.228 e. The van der Waals surface area contributed by atoms with Crippen molar-refractivity contribution in [1.82, 2.24) is 15.0 Å². The molecule has 0 aliphatic rings. The minimum absolute atomic E-state index is 0.0637. The number of ether oxygens (including phenoxy) is 2. The quantitative estimate of drug-likeness (QED) is 0.539. The second-order valence-corrected chi connectivity index (χ2v) is 7.12. The highest BCUT2D eigenvalue weighted by molar-refractivity contribution is 7.16. The molecule has 1 N–H and O–H groups in total. The molecule has 7 heteroatoms. The monoisotopic (exact) mass is 380 g/mol. The summed E-state index contributed by atoms with van der Waals surface area (Å²) in [6, 6.07) is 8.16. The summed E-state index contributed by atoms with van der Waals surface area (Å²) < 4.78 is 11.2. The lowest BCUT2D eigenvalue weighted by molar-refractivity contribution is 0.393. The number of benzene rings is 1. The molecular formula is C20H20N4O2S. The molecule has 0 saturated carbocycles. The van der Waals surface area contributed by atoms with Crippen molar-refractivity contribution in [1.29, 1.82) is 0 Å². The van der Waals surface area contributed by atoms with Gasteiger partial charge in [-0.25, -0.2) is 9.97 Å². The van der Waals surface area contributed by atoms with Gasteiger partial charge in [0.05, 0.1) is 25.4 Å². The molecule has 0 bridgehead atoms. The second kappa shape index (κ2) is 7.00. The van der Waals surface area contributed by atoms with Gasteiger partial charge in [-0.05, 0) is 49.1 Å². The summed E-state index contributed by atoms with van der Waals surface area (Å²) >= 11 is 1.64. The second-order valence-electron chi connectivity index (χ2n) is 6.23. The number of methoxy groups -OCH3 is 2. The number of pyridine rings is 1. The number of hydrogen-bond donors (Lipinski definition) is 1. The summed E-state index contributed by atoms with van der Waals surface area (Å²) in [7, 11) is 3.25. The fourth-order valence-electron chi connectivity index (χ4n) is 3.33. The largest absolute Gasteiger partial charge is 0.494 e. The third-order valence-corrected chi connectivity index (χ3v) is 5.35. The van der Waals surface area contributed by atoms with Gasteiger partial charge in [-0.2, -0.15) is 4.98 Å². The fourth-order valence-corrected chi connectivity index (χ4v) is 4.10. The van der Waals surface area contributed by atoms with Crippen molar-refractivity contribution in [3.63, 3.8) is 0 Å². The first kappa shape index (κ1) is 17.5. The fraction of sp³-hybridized carbons (Fsp3) is 0.250. The minimum Gasteiger partial charge on any atom is -0.494 e. The summed E-state index contributed by atoms with van der Waals surface area (Å²) in [5, 5.41) is 7.55. The van der Waals surface area contributed by atoms with Crippen LogP contribution in [-0.4, -0.2) is 29.2 Å². The van der Waals surface area contributed by atoms with Crippen molar-refractivity contribution in [2.45, 2.75) is 19.9 Å². The molecule has 27 heavy (non-hydrogen) atoms. The Hall–Kier alpha value is -2.93. The Morgan fingerprint density at radius 2 is 1.93 bits per heavy atom. The molecule has 4 aromatic rings. The number of aromatic nitrogens is 3. The first-order chi connectivity index (χ1) is 13.1. The van der Waals surface area contributed by atoms with E-state index in [-0.39, 0.29) is 6.04 Å². The molecule has 4 rings (SSSR count). The lowest BCUT2D eigenvalue weighted by atomic mass is 10.1. The van der Waals surface area contributed by atoms with Crippen LogP contribution in [0.2, 0.25) is 0 Å². The molecule has 3 aromatic heterocycles. The van der Waals surface area contributed by atoms with E-state index in [9.17, 15) is 0 Å². The molecule has 1 unspecified atom stereocenters. The number of aryl methyl sites for hydroxylation is 1. The summed E-state index contributed by atoms with van der Waals surface area (Å²) in [5.74, 6) is 1.84. The van der Waals surface area contributed by atoms with Gasteiger partial charge in [0.25, 0.3) is 0 Å². The van der Waals surface area contributed by atoms with E-state index in [0.29, 0.717) is 17.5 Å². The van der Waals surface area contributed by atoms with Crippen molar-refractivity contribution >= 4 is 38.1 Å². The van der Waals surface area contributed by atoms with Gasteiger partial charge in [0, 0.05) is 17.6 Å². The Labute approximate surface area is 161 Å². The van der Waals surface area contributed by atoms with Crippen molar-refractivity contribution in [2.24, 2.45) is 0 Å². The molecule has 0 spiro atoms. The number of anilines is 1. The normalized spacial score (nSPS) is 12.3. The van der Waals surface area contributed by atoms with Crippen LogP contribution in [0, 0.1) is 6.92 Å². The first-order valence-electron chi connectivity index (χ1n) is 8.60. The first-order valence-corrected chi connectivity index (χ1v) is 9.48. The van der Waals surface area contributed by atoms with Crippen molar-refractivity contribution < 1.29 is 9.47 Å². The average Bonchev–Trinajstić information content (AvgIpc) is 3.16. The van der Waals surface area contributed by atoms with Crippen LogP contribution in [0.25, 0.3) is 21.1 Å². The maximum absolute atomic E-state index is 5.72. The van der Waals surface area contributed by atoms with Gasteiger partial charge in [-0.1, -0.05) is 0 Å². The molecule has 6 nitrogen and oxygen atoms in total. The Morgan fingerprint density at radius 3 is 2.70 bits per heavy atom. The molecule has 138 valence electrons. The molecular weight excluding hydrogens is 360 g/mol. The van der Waals surface area contributed by atoms with E-state index in [4.69, 9.17) is 9.47 Å². The van der Waals surface area contributed by atoms with E-state index in [1.54, 1.807) is 25.6 Å². The topological polar surface area (TPSA) is 69.2 Å². The molecule has 1 aromatic carbocycles. The molecule has 0 fully saturated rings. The van der Waals surface area contributed by atoms with Gasteiger partial charge >= 0.3 is 0 Å². The molecule has 0 radical (unpaired) electrons. The Kier molecular flexibility index (Phi) is 4.53. The number of rotatable bonds is 5. The Balaban J connectivity index is 1.80. The lowest BCUT2D eigenvalue weighted by Crippen LogP contribution is -2.09. The van der Waals surface area contributed by atoms with Crippen LogP contribution in [0.4, 0.5) is 5.69 Å². The molecule has 0 aliphatic carbocycles. The van der Waals surface area contributed by atoms with Crippen LogP contribution < -0.4 is 14.8 Å². The maximum Gasteiger partial charge on any atom is 0.228 e. The van der Waals surface area contributed by atoms with E-state index in [1.807, 2.05) is 31.3 Å². The van der Waals surface area contributed by atoms with Gasteiger partial charge in [-0.15, -0.1) is 11.3 Å². The van der Waals surface area contributed by atoms with Crippen LogP contribution in [0.1, 0.15) is 24.4 Å². The predicted molar refractivity (Wildman–Crippen MR) is 109 cm³/mol. The summed E-state index contributed by atoms with van der Waals surface area (Å²) in [6.07, 6.45) is 1.85. The maximum atomic E-state index is 5.72. The Morgan fingerprint density at radius 1 is 1.07 bits per heavy atom. The van der Waals surface area contributed by atoms with Crippen LogP contribution in [-0.2, 0) is 0 Å². The minimum atomic E-state index is 0.0637. The zero-order chi connectivity index (χ0) is 19.0. The van der Waals surface area contributed by atoms with Crippen LogP contribution in [0.15, 0.2) is 35.8 Å². The van der Waals surface area contributed by atoms with Gasteiger partial charge in [0.2, 0.25) is 5.88 Å². The number of thiophene rings is 1. The predicted octanol–water partition coefficient (Wildman–Crippen LogP) is 4.74. The summed E-state index contributed by atoms with van der Waals surface area (Å²) in [4.78, 5) is 14.4.